The minimum absolute atomic E-state index is 0.0301. The summed E-state index contributed by atoms with van der Waals surface area (Å²) in [7, 11) is 0. The number of hydrogen-bond donors (Lipinski definition) is 0. The minimum atomic E-state index is -0.0468. The summed E-state index contributed by atoms with van der Waals surface area (Å²) in [6.45, 7) is 6.58. The molecule has 0 unspecified atom stereocenters. The summed E-state index contributed by atoms with van der Waals surface area (Å²) in [6.07, 6.45) is 0. The van der Waals surface area contributed by atoms with E-state index in [0.29, 0.717) is 27.1 Å². The van der Waals surface area contributed by atoms with E-state index in [1.54, 1.807) is 0 Å². The van der Waals surface area contributed by atoms with Gasteiger partial charge < -0.3 is 4.40 Å². The number of hydrogen-bond acceptors (Lipinski definition) is 2. The minimum Gasteiger partial charge on any atom is -0.307 e. The first-order chi connectivity index (χ1) is 19.8. The maximum Gasteiger partial charge on any atom is 0.197 e. The van der Waals surface area contributed by atoms with Gasteiger partial charge in [0.15, 0.2) is 10.9 Å². The Morgan fingerprint density at radius 3 is 1.49 bits per heavy atom. The second-order valence-corrected chi connectivity index (χ2v) is 12.1. The van der Waals surface area contributed by atoms with Crippen LogP contribution < -0.4 is 10.9 Å². The molecule has 8 rings (SSSR count). The Morgan fingerprint density at radius 1 is 0.512 bits per heavy atom. The molecular formula is C38H27NO2. The van der Waals surface area contributed by atoms with Gasteiger partial charge in [-0.25, -0.2) is 0 Å². The number of rotatable bonds is 1. The molecule has 0 saturated carbocycles. The van der Waals surface area contributed by atoms with Gasteiger partial charge in [-0.2, -0.15) is 0 Å². The van der Waals surface area contributed by atoms with Gasteiger partial charge in [0.2, 0.25) is 0 Å². The normalized spacial score (nSPS) is 12.5. The largest absolute Gasteiger partial charge is 0.307 e. The van der Waals surface area contributed by atoms with E-state index < -0.39 is 0 Å². The molecule has 0 aliphatic heterocycles. The van der Waals surface area contributed by atoms with Crippen LogP contribution in [-0.4, -0.2) is 4.40 Å². The van der Waals surface area contributed by atoms with Crippen molar-refractivity contribution in [2.45, 2.75) is 26.2 Å². The molecule has 8 aromatic rings. The molecule has 0 fully saturated rings. The van der Waals surface area contributed by atoms with Crippen LogP contribution in [0.5, 0.6) is 0 Å². The van der Waals surface area contributed by atoms with Crippen LogP contribution in [-0.2, 0) is 5.41 Å². The van der Waals surface area contributed by atoms with Crippen molar-refractivity contribution in [1.82, 2.24) is 4.40 Å². The van der Waals surface area contributed by atoms with Crippen LogP contribution in [0, 0.1) is 0 Å². The Hall–Kier alpha value is -5.02. The molecular weight excluding hydrogens is 502 g/mol. The van der Waals surface area contributed by atoms with Crippen LogP contribution in [0.4, 0.5) is 0 Å². The van der Waals surface area contributed by atoms with Crippen molar-refractivity contribution in [1.29, 1.82) is 0 Å². The van der Waals surface area contributed by atoms with E-state index in [-0.39, 0.29) is 16.3 Å². The van der Waals surface area contributed by atoms with Crippen molar-refractivity contribution in [3.8, 4) is 11.1 Å². The van der Waals surface area contributed by atoms with Crippen molar-refractivity contribution in [2.75, 3.05) is 0 Å². The van der Waals surface area contributed by atoms with E-state index in [1.807, 2.05) is 72.8 Å². The summed E-state index contributed by atoms with van der Waals surface area (Å²) in [5.41, 5.74) is 5.33. The van der Waals surface area contributed by atoms with E-state index in [9.17, 15) is 9.59 Å². The molecule has 2 heterocycles. The van der Waals surface area contributed by atoms with Crippen LogP contribution in [0.15, 0.2) is 119 Å². The zero-order valence-corrected chi connectivity index (χ0v) is 23.2. The fraction of sp³-hybridized carbons (Fsp3) is 0.105. The van der Waals surface area contributed by atoms with Crippen LogP contribution in [0.2, 0.25) is 0 Å². The van der Waals surface area contributed by atoms with Crippen molar-refractivity contribution in [2.24, 2.45) is 0 Å². The maximum atomic E-state index is 14.4. The highest BCUT2D eigenvalue weighted by Crippen LogP contribution is 2.35. The topological polar surface area (TPSA) is 38.5 Å². The lowest BCUT2D eigenvalue weighted by Gasteiger charge is -2.20. The van der Waals surface area contributed by atoms with Crippen molar-refractivity contribution in [3.05, 3.63) is 135 Å². The molecule has 2 aromatic heterocycles. The van der Waals surface area contributed by atoms with E-state index in [0.717, 1.165) is 43.7 Å². The molecule has 41 heavy (non-hydrogen) atoms. The smallest absolute Gasteiger partial charge is 0.197 e. The number of fused-ring (bicyclic) bond motifs is 8. The molecule has 0 radical (unpaired) electrons. The van der Waals surface area contributed by atoms with Crippen LogP contribution in [0.25, 0.3) is 70.8 Å². The molecule has 3 heteroatoms. The fourth-order valence-electron chi connectivity index (χ4n) is 6.56. The Labute approximate surface area is 236 Å². The third kappa shape index (κ3) is 3.32. The molecule has 0 aliphatic carbocycles. The van der Waals surface area contributed by atoms with Gasteiger partial charge in [0.05, 0.1) is 27.3 Å². The summed E-state index contributed by atoms with van der Waals surface area (Å²) in [5.74, 6) is 0. The molecule has 3 nitrogen and oxygen atoms in total. The summed E-state index contributed by atoms with van der Waals surface area (Å²) >= 11 is 0. The van der Waals surface area contributed by atoms with Crippen molar-refractivity contribution >= 4 is 59.6 Å². The van der Waals surface area contributed by atoms with Gasteiger partial charge in [-0.05, 0) is 67.9 Å². The number of aromatic nitrogens is 1. The molecule has 196 valence electrons. The van der Waals surface area contributed by atoms with E-state index in [2.05, 4.69) is 61.6 Å². The second kappa shape index (κ2) is 8.25. The lowest BCUT2D eigenvalue weighted by atomic mass is 9.86. The van der Waals surface area contributed by atoms with Gasteiger partial charge in [0, 0.05) is 10.8 Å². The van der Waals surface area contributed by atoms with Gasteiger partial charge >= 0.3 is 0 Å². The average Bonchev–Trinajstić information content (AvgIpc) is 2.99. The highest BCUT2D eigenvalue weighted by atomic mass is 16.1. The van der Waals surface area contributed by atoms with Crippen LogP contribution >= 0.6 is 0 Å². The average molecular weight is 530 g/mol. The van der Waals surface area contributed by atoms with Gasteiger partial charge in [0.25, 0.3) is 0 Å². The van der Waals surface area contributed by atoms with Gasteiger partial charge in [-0.15, -0.1) is 0 Å². The lowest BCUT2D eigenvalue weighted by Crippen LogP contribution is -2.15. The zero-order valence-electron chi connectivity index (χ0n) is 23.2. The third-order valence-electron chi connectivity index (χ3n) is 8.66. The molecule has 0 atom stereocenters. The predicted octanol–water partition coefficient (Wildman–Crippen LogP) is 8.83. The quantitative estimate of drug-likeness (QED) is 0.157. The second-order valence-electron chi connectivity index (χ2n) is 12.1. The summed E-state index contributed by atoms with van der Waals surface area (Å²) in [6, 6.07) is 36.7. The van der Waals surface area contributed by atoms with Gasteiger partial charge in [-0.3, -0.25) is 9.59 Å². The van der Waals surface area contributed by atoms with E-state index >= 15 is 0 Å². The van der Waals surface area contributed by atoms with Crippen molar-refractivity contribution < 1.29 is 0 Å². The van der Waals surface area contributed by atoms with E-state index in [4.69, 9.17) is 0 Å². The number of nitrogens with zero attached hydrogens (tertiary/aromatic N) is 1. The Morgan fingerprint density at radius 2 is 1.00 bits per heavy atom. The first-order valence-corrected chi connectivity index (χ1v) is 14.0. The van der Waals surface area contributed by atoms with Crippen LogP contribution in [0.3, 0.4) is 0 Å². The standard InChI is InChI=1S/C38H27NO2/c1-38(2,3)26-16-12-22(13-17-26)25-20-29-35-30(21-25)37(41)34-28-11-7-5-9-24(28)15-19-32(34)39(35)31-18-14-23-8-4-6-10-27(23)33(31)36(29)40/h4-21H,1-3H3. The Kier molecular flexibility index (Phi) is 4.79. The predicted molar refractivity (Wildman–Crippen MR) is 173 cm³/mol. The Balaban J connectivity index is 1.63. The summed E-state index contributed by atoms with van der Waals surface area (Å²) in [4.78, 5) is 28.8. The third-order valence-corrected chi connectivity index (χ3v) is 8.66. The first-order valence-electron chi connectivity index (χ1n) is 14.0. The maximum absolute atomic E-state index is 14.4. The highest BCUT2D eigenvalue weighted by Gasteiger charge is 2.21. The van der Waals surface area contributed by atoms with Crippen LogP contribution in [0.1, 0.15) is 26.3 Å². The Bertz CT molecular complexity index is 2340. The molecule has 0 bridgehead atoms. The van der Waals surface area contributed by atoms with Crippen molar-refractivity contribution in [3.63, 3.8) is 0 Å². The molecule has 0 spiro atoms. The molecule has 0 aliphatic rings. The monoisotopic (exact) mass is 529 g/mol. The van der Waals surface area contributed by atoms with Gasteiger partial charge in [-0.1, -0.05) is 106 Å². The first kappa shape index (κ1) is 23.8. The molecule has 0 amide bonds. The highest BCUT2D eigenvalue weighted by molar-refractivity contribution is 6.18. The van der Waals surface area contributed by atoms with E-state index in [1.165, 1.54) is 5.56 Å². The summed E-state index contributed by atoms with van der Waals surface area (Å²) < 4.78 is 2.14. The lowest BCUT2D eigenvalue weighted by molar-refractivity contribution is 0.590. The number of pyridine rings is 2. The van der Waals surface area contributed by atoms with Gasteiger partial charge in [0.1, 0.15) is 0 Å². The SMILES string of the molecule is CC(C)(C)c1ccc(-c2cc3c(=O)c4c5ccccc5ccc4n4c5ccc6ccccc6c5c(=O)c(c2)c34)cc1. The number of benzene rings is 6. The fourth-order valence-corrected chi connectivity index (χ4v) is 6.56. The molecule has 6 aromatic carbocycles. The zero-order chi connectivity index (χ0) is 28.0. The molecule has 0 saturated heterocycles. The molecule has 0 N–H and O–H groups in total. The summed E-state index contributed by atoms with van der Waals surface area (Å²) in [5, 5.41) is 6.35.